The highest BCUT2D eigenvalue weighted by atomic mass is 19.4. The Morgan fingerprint density at radius 3 is 2.40 bits per heavy atom. The highest BCUT2D eigenvalue weighted by Gasteiger charge is 2.46. The molecule has 226 valence electrons. The van der Waals surface area contributed by atoms with Crippen molar-refractivity contribution in [3.8, 4) is 17.2 Å². The third kappa shape index (κ3) is 6.32. The van der Waals surface area contributed by atoms with Crippen LogP contribution in [-0.4, -0.2) is 48.8 Å². The lowest BCUT2D eigenvalue weighted by molar-refractivity contribution is -0.142. The van der Waals surface area contributed by atoms with Crippen LogP contribution in [0.1, 0.15) is 35.4 Å². The van der Waals surface area contributed by atoms with Crippen molar-refractivity contribution in [2.75, 3.05) is 24.0 Å². The van der Waals surface area contributed by atoms with Gasteiger partial charge in [0.2, 0.25) is 12.7 Å². The maximum absolute atomic E-state index is 12.8. The van der Waals surface area contributed by atoms with E-state index in [0.717, 1.165) is 23.3 Å². The average molecular weight is 600 g/mol. The summed E-state index contributed by atoms with van der Waals surface area (Å²) in [6, 6.07) is 14.0. The van der Waals surface area contributed by atoms with Crippen molar-refractivity contribution in [2.45, 2.75) is 49.8 Å². The average Bonchev–Trinajstić information content (AvgIpc) is 3.59. The van der Waals surface area contributed by atoms with Gasteiger partial charge >= 0.3 is 12.2 Å². The van der Waals surface area contributed by atoms with Crippen LogP contribution in [0.5, 0.6) is 17.2 Å². The fourth-order valence-corrected chi connectivity index (χ4v) is 5.53. The van der Waals surface area contributed by atoms with Crippen LogP contribution in [0, 0.1) is 0 Å². The molecule has 13 heteroatoms. The van der Waals surface area contributed by atoms with Gasteiger partial charge < -0.3 is 40.0 Å². The van der Waals surface area contributed by atoms with Gasteiger partial charge in [0.25, 0.3) is 0 Å². The van der Waals surface area contributed by atoms with Crippen LogP contribution in [0.25, 0.3) is 0 Å². The molecule has 3 aromatic carbocycles. The van der Waals surface area contributed by atoms with E-state index in [1.54, 1.807) is 24.3 Å². The number of aliphatic hydroxyl groups excluding tert-OH is 1. The number of urea groups is 1. The number of fused-ring (bicyclic) bond motifs is 4. The molecule has 0 bridgehead atoms. The summed E-state index contributed by atoms with van der Waals surface area (Å²) < 4.78 is 61.2. The van der Waals surface area contributed by atoms with E-state index in [4.69, 9.17) is 18.9 Å². The molecule has 0 radical (unpaired) electrons. The number of hydrogen-bond acceptors (Lipinski definition) is 7. The number of anilines is 2. The maximum atomic E-state index is 12.8. The zero-order valence-electron chi connectivity index (χ0n) is 22.6. The van der Waals surface area contributed by atoms with Gasteiger partial charge in [0.15, 0.2) is 11.5 Å². The molecule has 3 amide bonds. The molecule has 43 heavy (non-hydrogen) atoms. The summed E-state index contributed by atoms with van der Waals surface area (Å²) in [5.74, 6) is 1.45. The summed E-state index contributed by atoms with van der Waals surface area (Å²) in [4.78, 5) is 25.3. The highest BCUT2D eigenvalue weighted by molar-refractivity contribution is 5.99. The predicted molar refractivity (Wildman–Crippen MR) is 147 cm³/mol. The van der Waals surface area contributed by atoms with Crippen LogP contribution in [0.2, 0.25) is 0 Å². The monoisotopic (exact) mass is 599 g/mol. The minimum absolute atomic E-state index is 0.0765. The second-order valence-corrected chi connectivity index (χ2v) is 10.5. The van der Waals surface area contributed by atoms with E-state index in [1.165, 1.54) is 12.1 Å². The molecule has 4 N–H and O–H groups in total. The summed E-state index contributed by atoms with van der Waals surface area (Å²) >= 11 is 0. The van der Waals surface area contributed by atoms with E-state index in [9.17, 15) is 27.9 Å². The van der Waals surface area contributed by atoms with E-state index in [1.807, 2.05) is 12.1 Å². The van der Waals surface area contributed by atoms with Crippen molar-refractivity contribution in [2.24, 2.45) is 0 Å². The van der Waals surface area contributed by atoms with Gasteiger partial charge in [-0.2, -0.15) is 13.2 Å². The van der Waals surface area contributed by atoms with Crippen LogP contribution in [0.4, 0.5) is 29.3 Å². The normalized spacial score (nSPS) is 21.8. The Labute approximate surface area is 244 Å². The Bertz CT molecular complexity index is 1520. The number of ether oxygens (including phenoxy) is 4. The Kier molecular flexibility index (Phi) is 7.75. The third-order valence-electron chi connectivity index (χ3n) is 7.57. The molecular weight excluding hydrogens is 571 g/mol. The van der Waals surface area contributed by atoms with Crippen LogP contribution in [-0.2, 0) is 22.3 Å². The van der Waals surface area contributed by atoms with E-state index in [0.29, 0.717) is 35.9 Å². The largest absolute Gasteiger partial charge is 0.487 e. The lowest BCUT2D eigenvalue weighted by Gasteiger charge is -2.37. The first-order valence-corrected chi connectivity index (χ1v) is 13.6. The number of carbonyl (C=O) groups excluding carboxylic acids is 2. The van der Waals surface area contributed by atoms with E-state index >= 15 is 0 Å². The topological polar surface area (TPSA) is 127 Å². The first-order chi connectivity index (χ1) is 20.7. The summed E-state index contributed by atoms with van der Waals surface area (Å²) in [5.41, 5.74) is 1.48. The molecule has 3 aliphatic heterocycles. The second-order valence-electron chi connectivity index (χ2n) is 10.5. The van der Waals surface area contributed by atoms with Crippen LogP contribution >= 0.6 is 0 Å². The van der Waals surface area contributed by atoms with Gasteiger partial charge in [0.1, 0.15) is 18.0 Å². The smallest absolute Gasteiger partial charge is 0.416 e. The summed E-state index contributed by atoms with van der Waals surface area (Å²) in [6.07, 6.45) is -5.55. The molecule has 3 aromatic rings. The lowest BCUT2D eigenvalue weighted by Crippen LogP contribution is -2.47. The first kappa shape index (κ1) is 28.6. The Hall–Kier alpha value is -4.49. The van der Waals surface area contributed by atoms with Gasteiger partial charge in [-0.25, -0.2) is 4.79 Å². The molecule has 10 nitrogen and oxygen atoms in total. The van der Waals surface area contributed by atoms with E-state index in [-0.39, 0.29) is 37.3 Å². The molecule has 0 saturated carbocycles. The SMILES string of the molecule is O=C(C[C@H]1C[C@H]2c3cc(NC(=O)Nc4ccc(C(F)(F)F)cc4)ccc3O[C@H]2[C@@H](CO)O1)NCc1ccc2c(c1)OCO2. The molecule has 0 aromatic heterocycles. The number of aliphatic hydroxyl groups is 1. The third-order valence-corrected chi connectivity index (χ3v) is 7.57. The standard InChI is InChI=1S/C30H28F3N3O7/c31-30(32,33)17-2-4-18(5-3-17)35-29(39)36-19-6-8-23-21(10-19)22-11-20(42-26(14-37)28(22)43-23)12-27(38)34-13-16-1-7-24-25(9-16)41-15-40-24/h1-10,20,22,26,28,37H,11-15H2,(H,34,38)(H2,35,36,39)/t20-,22+,26-,28-/m1/s1. The van der Waals surface area contributed by atoms with Crippen molar-refractivity contribution >= 4 is 23.3 Å². The molecule has 3 aliphatic rings. The van der Waals surface area contributed by atoms with Gasteiger partial charge in [0.05, 0.1) is 24.7 Å². The molecule has 1 saturated heterocycles. The molecule has 0 unspecified atom stereocenters. The van der Waals surface area contributed by atoms with Crippen molar-refractivity contribution in [3.05, 3.63) is 77.4 Å². The van der Waals surface area contributed by atoms with Crippen molar-refractivity contribution in [1.82, 2.24) is 5.32 Å². The molecule has 3 heterocycles. The minimum atomic E-state index is -4.47. The molecule has 6 rings (SSSR count). The molecule has 0 spiro atoms. The highest BCUT2D eigenvalue weighted by Crippen LogP contribution is 2.47. The number of alkyl halides is 3. The summed E-state index contributed by atoms with van der Waals surface area (Å²) in [7, 11) is 0. The van der Waals surface area contributed by atoms with Gasteiger partial charge in [0, 0.05) is 29.4 Å². The minimum Gasteiger partial charge on any atom is -0.487 e. The van der Waals surface area contributed by atoms with Crippen LogP contribution < -0.4 is 30.2 Å². The Morgan fingerprint density at radius 1 is 0.907 bits per heavy atom. The predicted octanol–water partition coefficient (Wildman–Crippen LogP) is 4.78. The van der Waals surface area contributed by atoms with Gasteiger partial charge in [-0.15, -0.1) is 0 Å². The lowest BCUT2D eigenvalue weighted by atomic mass is 9.84. The Morgan fingerprint density at radius 2 is 1.63 bits per heavy atom. The van der Waals surface area contributed by atoms with Gasteiger partial charge in [-0.1, -0.05) is 6.07 Å². The summed E-state index contributed by atoms with van der Waals surface area (Å²) in [6.45, 7) is 0.164. The van der Waals surface area contributed by atoms with Crippen LogP contribution in [0.3, 0.4) is 0 Å². The van der Waals surface area contributed by atoms with E-state index < -0.39 is 36.1 Å². The van der Waals surface area contributed by atoms with Crippen molar-refractivity contribution in [3.63, 3.8) is 0 Å². The summed E-state index contributed by atoms with van der Waals surface area (Å²) in [5, 5.41) is 18.1. The second kappa shape index (κ2) is 11.7. The van der Waals surface area contributed by atoms with E-state index in [2.05, 4.69) is 16.0 Å². The number of halogens is 3. The zero-order valence-corrected chi connectivity index (χ0v) is 22.6. The van der Waals surface area contributed by atoms with Crippen molar-refractivity contribution in [1.29, 1.82) is 0 Å². The fraction of sp³-hybridized carbons (Fsp3) is 0.333. The molecular formula is C30H28F3N3O7. The van der Waals surface area contributed by atoms with Crippen molar-refractivity contribution < 1.29 is 46.8 Å². The first-order valence-electron chi connectivity index (χ1n) is 13.6. The maximum Gasteiger partial charge on any atom is 0.416 e. The molecule has 1 fully saturated rings. The number of carbonyl (C=O) groups is 2. The van der Waals surface area contributed by atoms with Gasteiger partial charge in [-0.05, 0) is 66.6 Å². The van der Waals surface area contributed by atoms with Crippen LogP contribution in [0.15, 0.2) is 60.7 Å². The molecule has 0 aliphatic carbocycles. The number of nitrogens with one attached hydrogen (secondary N) is 3. The number of amides is 3. The number of benzene rings is 3. The number of rotatable bonds is 7. The zero-order chi connectivity index (χ0) is 30.1. The quantitative estimate of drug-likeness (QED) is 0.308. The number of hydrogen-bond donors (Lipinski definition) is 4. The Balaban J connectivity index is 1.07. The fourth-order valence-electron chi connectivity index (χ4n) is 5.53. The molecule has 4 atom stereocenters. The van der Waals surface area contributed by atoms with Gasteiger partial charge in [-0.3, -0.25) is 4.79 Å².